The maximum atomic E-state index is 4.73. The molecule has 0 saturated heterocycles. The zero-order chi connectivity index (χ0) is 18.7. The molecule has 2 aromatic carbocycles. The Morgan fingerprint density at radius 1 is 0.846 bits per heavy atom. The van der Waals surface area contributed by atoms with Crippen molar-refractivity contribution in [1.82, 2.24) is 4.98 Å². The van der Waals surface area contributed by atoms with Gasteiger partial charge in [-0.05, 0) is 29.5 Å². The van der Waals surface area contributed by atoms with Crippen molar-refractivity contribution in [3.63, 3.8) is 0 Å². The van der Waals surface area contributed by atoms with Crippen LogP contribution in [0.3, 0.4) is 0 Å². The number of nitrogens with zero attached hydrogens (tertiary/aromatic N) is 1. The van der Waals surface area contributed by atoms with Gasteiger partial charge in [-0.25, -0.2) is 0 Å². The molecule has 0 amide bonds. The molecule has 2 heteroatoms. The molecule has 0 N–H and O–H groups in total. The van der Waals surface area contributed by atoms with Gasteiger partial charge >= 0.3 is 0 Å². The van der Waals surface area contributed by atoms with Crippen LogP contribution in [0.15, 0.2) is 66.9 Å². The minimum Gasteiger partial charge on any atom is -0.256 e. The topological polar surface area (TPSA) is 12.9 Å². The summed E-state index contributed by atoms with van der Waals surface area (Å²) in [6, 6.07) is 21.8. The predicted octanol–water partition coefficient (Wildman–Crippen LogP) is 6.16. The van der Waals surface area contributed by atoms with Crippen molar-refractivity contribution in [2.45, 2.75) is 39.9 Å². The van der Waals surface area contributed by atoms with Gasteiger partial charge in [0.25, 0.3) is 0 Å². The predicted molar refractivity (Wildman–Crippen MR) is 117 cm³/mol. The lowest BCUT2D eigenvalue weighted by atomic mass is 9.94. The first-order valence-corrected chi connectivity index (χ1v) is 13.0. The van der Waals surface area contributed by atoms with Gasteiger partial charge < -0.3 is 0 Å². The Morgan fingerprint density at radius 2 is 1.58 bits per heavy atom. The summed E-state index contributed by atoms with van der Waals surface area (Å²) in [4.78, 5) is 4.73. The SMILES string of the molecule is CC(C)Cc1cc([Si](C)(C)C)ccc1-c1ccc(-c2ccccc2)nc1. The van der Waals surface area contributed by atoms with Crippen LogP contribution in [-0.4, -0.2) is 13.1 Å². The molecule has 3 aromatic rings. The molecule has 26 heavy (non-hydrogen) atoms. The highest BCUT2D eigenvalue weighted by atomic mass is 28.3. The zero-order valence-corrected chi connectivity index (χ0v) is 17.6. The molecule has 0 radical (unpaired) electrons. The summed E-state index contributed by atoms with van der Waals surface area (Å²) in [5, 5.41) is 1.53. The van der Waals surface area contributed by atoms with Crippen LogP contribution in [0.25, 0.3) is 22.4 Å². The highest BCUT2D eigenvalue weighted by Gasteiger charge is 2.18. The van der Waals surface area contributed by atoms with Gasteiger partial charge in [-0.1, -0.05) is 93.3 Å². The summed E-state index contributed by atoms with van der Waals surface area (Å²) in [5.74, 6) is 0.641. The molecule has 1 aromatic heterocycles. The molecular weight excluding hydrogens is 330 g/mol. The van der Waals surface area contributed by atoms with Crippen LogP contribution < -0.4 is 5.19 Å². The van der Waals surface area contributed by atoms with E-state index in [2.05, 4.69) is 88.1 Å². The van der Waals surface area contributed by atoms with Crippen LogP contribution in [0, 0.1) is 5.92 Å². The van der Waals surface area contributed by atoms with Crippen LogP contribution in [0.4, 0.5) is 0 Å². The van der Waals surface area contributed by atoms with Crippen LogP contribution >= 0.6 is 0 Å². The standard InChI is InChI=1S/C24H29NSi/c1-18(2)15-21-16-22(26(3,4)5)12-13-23(21)20-11-14-24(25-17-20)19-9-7-6-8-10-19/h6-14,16-18H,15H2,1-5H3. The van der Waals surface area contributed by atoms with Crippen LogP contribution in [0.5, 0.6) is 0 Å². The summed E-state index contributed by atoms with van der Waals surface area (Å²) in [7, 11) is -1.31. The average molecular weight is 360 g/mol. The van der Waals surface area contributed by atoms with E-state index in [4.69, 9.17) is 4.98 Å². The van der Waals surface area contributed by atoms with Crippen molar-refractivity contribution in [3.05, 3.63) is 72.4 Å². The van der Waals surface area contributed by atoms with Crippen molar-refractivity contribution in [2.24, 2.45) is 5.92 Å². The fourth-order valence-electron chi connectivity index (χ4n) is 3.28. The van der Waals surface area contributed by atoms with E-state index in [-0.39, 0.29) is 0 Å². The average Bonchev–Trinajstić information content (AvgIpc) is 2.61. The van der Waals surface area contributed by atoms with E-state index in [0.717, 1.165) is 17.7 Å². The number of aromatic nitrogens is 1. The van der Waals surface area contributed by atoms with Crippen molar-refractivity contribution >= 4 is 13.3 Å². The Balaban J connectivity index is 2.00. The molecule has 3 rings (SSSR count). The third kappa shape index (κ3) is 4.31. The smallest absolute Gasteiger partial charge is 0.0776 e. The minimum atomic E-state index is -1.31. The molecule has 0 aliphatic carbocycles. The molecule has 0 aliphatic heterocycles. The fourth-order valence-corrected chi connectivity index (χ4v) is 4.47. The van der Waals surface area contributed by atoms with Crippen molar-refractivity contribution in [1.29, 1.82) is 0 Å². The molecule has 0 spiro atoms. The fraction of sp³-hybridized carbons (Fsp3) is 0.292. The summed E-state index contributed by atoms with van der Waals surface area (Å²) in [5.41, 5.74) is 6.18. The second-order valence-electron chi connectivity index (χ2n) is 8.52. The van der Waals surface area contributed by atoms with Gasteiger partial charge in [0, 0.05) is 17.3 Å². The Labute approximate surface area is 159 Å². The van der Waals surface area contributed by atoms with Gasteiger partial charge in [-0.2, -0.15) is 0 Å². The third-order valence-corrected chi connectivity index (χ3v) is 6.79. The molecule has 0 atom stereocenters. The first kappa shape index (κ1) is 18.6. The van der Waals surface area contributed by atoms with E-state index in [1.807, 2.05) is 12.3 Å². The lowest BCUT2D eigenvalue weighted by Crippen LogP contribution is -2.37. The summed E-state index contributed by atoms with van der Waals surface area (Å²) >= 11 is 0. The highest BCUT2D eigenvalue weighted by Crippen LogP contribution is 2.27. The maximum absolute atomic E-state index is 4.73. The van der Waals surface area contributed by atoms with Crippen LogP contribution in [0.2, 0.25) is 19.6 Å². The lowest BCUT2D eigenvalue weighted by molar-refractivity contribution is 0.648. The molecule has 0 aliphatic rings. The van der Waals surface area contributed by atoms with Gasteiger partial charge in [0.15, 0.2) is 0 Å². The Bertz CT molecular complexity index is 859. The Kier molecular flexibility index (Phi) is 5.43. The van der Waals surface area contributed by atoms with Crippen LogP contribution in [0.1, 0.15) is 19.4 Å². The number of benzene rings is 2. The van der Waals surface area contributed by atoms with E-state index >= 15 is 0 Å². The molecular formula is C24H29NSi. The number of hydrogen-bond acceptors (Lipinski definition) is 1. The van der Waals surface area contributed by atoms with E-state index in [0.29, 0.717) is 5.92 Å². The summed E-state index contributed by atoms with van der Waals surface area (Å²) < 4.78 is 0. The quantitative estimate of drug-likeness (QED) is 0.497. The van der Waals surface area contributed by atoms with Gasteiger partial charge in [-0.15, -0.1) is 0 Å². The van der Waals surface area contributed by atoms with Gasteiger partial charge in [0.2, 0.25) is 0 Å². The monoisotopic (exact) mass is 359 g/mol. The Morgan fingerprint density at radius 3 is 2.15 bits per heavy atom. The van der Waals surface area contributed by atoms with Crippen molar-refractivity contribution < 1.29 is 0 Å². The summed E-state index contributed by atoms with van der Waals surface area (Å²) in [6.45, 7) is 11.8. The second kappa shape index (κ2) is 7.59. The minimum absolute atomic E-state index is 0.641. The summed E-state index contributed by atoms with van der Waals surface area (Å²) in [6.07, 6.45) is 3.13. The first-order valence-electron chi connectivity index (χ1n) is 9.50. The largest absolute Gasteiger partial charge is 0.256 e. The molecule has 0 unspecified atom stereocenters. The zero-order valence-electron chi connectivity index (χ0n) is 16.6. The molecule has 0 bridgehead atoms. The van der Waals surface area contributed by atoms with Gasteiger partial charge in [-0.3, -0.25) is 4.98 Å². The Hall–Kier alpha value is -2.19. The molecule has 0 saturated carbocycles. The van der Waals surface area contributed by atoms with Gasteiger partial charge in [0.1, 0.15) is 0 Å². The highest BCUT2D eigenvalue weighted by molar-refractivity contribution is 6.88. The molecule has 0 fully saturated rings. The normalized spacial score (nSPS) is 11.8. The van der Waals surface area contributed by atoms with Crippen molar-refractivity contribution in [3.8, 4) is 22.4 Å². The van der Waals surface area contributed by atoms with E-state index in [9.17, 15) is 0 Å². The van der Waals surface area contributed by atoms with E-state index < -0.39 is 8.07 Å². The third-order valence-electron chi connectivity index (χ3n) is 4.74. The number of pyridine rings is 1. The number of hydrogen-bond donors (Lipinski definition) is 0. The molecule has 1 nitrogen and oxygen atoms in total. The van der Waals surface area contributed by atoms with E-state index in [1.54, 1.807) is 0 Å². The van der Waals surface area contributed by atoms with Crippen molar-refractivity contribution in [2.75, 3.05) is 0 Å². The van der Waals surface area contributed by atoms with Crippen LogP contribution in [-0.2, 0) is 6.42 Å². The number of rotatable bonds is 5. The van der Waals surface area contributed by atoms with Gasteiger partial charge in [0.05, 0.1) is 13.8 Å². The molecule has 134 valence electrons. The maximum Gasteiger partial charge on any atom is 0.0776 e. The lowest BCUT2D eigenvalue weighted by Gasteiger charge is -2.20. The first-order chi connectivity index (χ1) is 12.3. The molecule has 1 heterocycles. The van der Waals surface area contributed by atoms with E-state index in [1.165, 1.54) is 21.9 Å². The second-order valence-corrected chi connectivity index (χ2v) is 13.6.